The molecule has 0 aliphatic heterocycles. The first-order chi connectivity index (χ1) is 9.96. The molecule has 8 heteroatoms. The first-order valence-corrected chi connectivity index (χ1v) is 8.61. The van der Waals surface area contributed by atoms with Gasteiger partial charge in [0.05, 0.1) is 12.4 Å². The van der Waals surface area contributed by atoms with Crippen molar-refractivity contribution in [2.75, 3.05) is 12.4 Å². The van der Waals surface area contributed by atoms with E-state index >= 15 is 0 Å². The summed E-state index contributed by atoms with van der Waals surface area (Å²) in [4.78, 5) is 4.11. The Morgan fingerprint density at radius 2 is 2.10 bits per heavy atom. The van der Waals surface area contributed by atoms with Crippen LogP contribution in [0.25, 0.3) is 5.65 Å². The van der Waals surface area contributed by atoms with Crippen LogP contribution in [0.1, 0.15) is 25.7 Å². The van der Waals surface area contributed by atoms with E-state index in [-0.39, 0.29) is 11.2 Å². The molecule has 0 spiro atoms. The van der Waals surface area contributed by atoms with Crippen molar-refractivity contribution in [2.24, 2.45) is 10.6 Å². The molecule has 3 rings (SSSR count). The fourth-order valence-electron chi connectivity index (χ4n) is 2.98. The molecule has 0 saturated heterocycles. The highest BCUT2D eigenvalue weighted by Gasteiger charge is 2.38. The molecule has 0 bridgehead atoms. The molecule has 7 nitrogen and oxygen atoms in total. The quantitative estimate of drug-likeness (QED) is 0.886. The zero-order chi connectivity index (χ0) is 14.9. The SMILES string of the molecule is NS(=O)(=O)CC1(COc2ccc3nccn3n2)CCCC1. The molecule has 0 unspecified atom stereocenters. The third kappa shape index (κ3) is 3.33. The summed E-state index contributed by atoms with van der Waals surface area (Å²) in [6.45, 7) is 0.316. The summed E-state index contributed by atoms with van der Waals surface area (Å²) in [5.74, 6) is 0.425. The molecule has 1 aliphatic carbocycles. The first kappa shape index (κ1) is 14.3. The van der Waals surface area contributed by atoms with Gasteiger partial charge in [-0.05, 0) is 18.9 Å². The number of primary sulfonamides is 1. The largest absolute Gasteiger partial charge is 0.476 e. The van der Waals surface area contributed by atoms with Crippen molar-refractivity contribution in [3.05, 3.63) is 24.5 Å². The lowest BCUT2D eigenvalue weighted by atomic mass is 9.90. The number of hydrogen-bond donors (Lipinski definition) is 1. The zero-order valence-corrected chi connectivity index (χ0v) is 12.4. The summed E-state index contributed by atoms with van der Waals surface area (Å²) >= 11 is 0. The van der Waals surface area contributed by atoms with Gasteiger partial charge in [0.2, 0.25) is 15.9 Å². The summed E-state index contributed by atoms with van der Waals surface area (Å²) in [5, 5.41) is 9.49. The topological polar surface area (TPSA) is 99.6 Å². The number of rotatable bonds is 5. The molecule has 2 aromatic rings. The van der Waals surface area contributed by atoms with Gasteiger partial charge in [-0.2, -0.15) is 0 Å². The van der Waals surface area contributed by atoms with Crippen LogP contribution in [-0.4, -0.2) is 35.4 Å². The van der Waals surface area contributed by atoms with E-state index in [1.54, 1.807) is 23.0 Å². The van der Waals surface area contributed by atoms with Crippen LogP contribution in [0, 0.1) is 5.41 Å². The van der Waals surface area contributed by atoms with Crippen molar-refractivity contribution >= 4 is 15.7 Å². The van der Waals surface area contributed by atoms with Gasteiger partial charge in [0.15, 0.2) is 5.65 Å². The van der Waals surface area contributed by atoms with Crippen LogP contribution >= 0.6 is 0 Å². The van der Waals surface area contributed by atoms with Gasteiger partial charge in [-0.15, -0.1) is 5.10 Å². The Kier molecular flexibility index (Phi) is 3.58. The van der Waals surface area contributed by atoms with Gasteiger partial charge < -0.3 is 4.74 Å². The van der Waals surface area contributed by atoms with Crippen LogP contribution in [0.4, 0.5) is 0 Å². The maximum absolute atomic E-state index is 11.4. The van der Waals surface area contributed by atoms with Crippen LogP contribution in [0.2, 0.25) is 0 Å². The number of fused-ring (bicyclic) bond motifs is 1. The molecule has 0 amide bonds. The number of aromatic nitrogens is 3. The second-order valence-corrected chi connectivity index (χ2v) is 7.32. The molecule has 0 radical (unpaired) electrons. The van der Waals surface area contributed by atoms with Crippen molar-refractivity contribution in [1.82, 2.24) is 14.6 Å². The van der Waals surface area contributed by atoms with E-state index in [0.29, 0.717) is 12.5 Å². The molecule has 0 atom stereocenters. The lowest BCUT2D eigenvalue weighted by molar-refractivity contribution is 0.163. The smallest absolute Gasteiger partial charge is 0.231 e. The van der Waals surface area contributed by atoms with E-state index in [1.807, 2.05) is 6.07 Å². The molecule has 2 N–H and O–H groups in total. The Hall–Kier alpha value is -1.67. The minimum absolute atomic E-state index is 0.0344. The molecular formula is C13H18N4O3S. The molecule has 1 saturated carbocycles. The van der Waals surface area contributed by atoms with E-state index in [1.165, 1.54) is 0 Å². The van der Waals surface area contributed by atoms with E-state index < -0.39 is 10.0 Å². The van der Waals surface area contributed by atoms with E-state index in [4.69, 9.17) is 9.88 Å². The number of sulfonamides is 1. The number of nitrogens with zero attached hydrogens (tertiary/aromatic N) is 3. The molecule has 114 valence electrons. The Morgan fingerprint density at radius 3 is 2.81 bits per heavy atom. The van der Waals surface area contributed by atoms with Crippen molar-refractivity contribution in [3.8, 4) is 5.88 Å². The van der Waals surface area contributed by atoms with Crippen molar-refractivity contribution < 1.29 is 13.2 Å². The number of imidazole rings is 1. The van der Waals surface area contributed by atoms with E-state index in [0.717, 1.165) is 31.3 Å². The Morgan fingerprint density at radius 1 is 1.33 bits per heavy atom. The summed E-state index contributed by atoms with van der Waals surface area (Å²) in [6, 6.07) is 3.55. The Bertz CT molecular complexity index is 735. The minimum Gasteiger partial charge on any atom is -0.476 e. The summed E-state index contributed by atoms with van der Waals surface area (Å²) in [7, 11) is -3.51. The summed E-state index contributed by atoms with van der Waals surface area (Å²) in [5.41, 5.74) is 0.349. The fourth-order valence-corrected chi connectivity index (χ4v) is 4.21. The van der Waals surface area contributed by atoms with Crippen LogP contribution in [0.15, 0.2) is 24.5 Å². The highest BCUT2D eigenvalue weighted by atomic mass is 32.2. The Balaban J connectivity index is 1.74. The molecule has 21 heavy (non-hydrogen) atoms. The third-order valence-electron chi connectivity index (χ3n) is 3.93. The molecule has 1 fully saturated rings. The van der Waals surface area contributed by atoms with Crippen molar-refractivity contribution in [2.45, 2.75) is 25.7 Å². The van der Waals surface area contributed by atoms with Gasteiger partial charge in [-0.3, -0.25) is 0 Å². The predicted octanol–water partition coefficient (Wildman–Crippen LogP) is 0.957. The number of nitrogens with two attached hydrogens (primary N) is 1. The lowest BCUT2D eigenvalue weighted by Crippen LogP contribution is -2.36. The molecule has 2 aromatic heterocycles. The Labute approximate surface area is 123 Å². The van der Waals surface area contributed by atoms with Crippen molar-refractivity contribution in [1.29, 1.82) is 0 Å². The van der Waals surface area contributed by atoms with Gasteiger partial charge in [0.1, 0.15) is 0 Å². The monoisotopic (exact) mass is 310 g/mol. The lowest BCUT2D eigenvalue weighted by Gasteiger charge is -2.27. The van der Waals surface area contributed by atoms with Crippen LogP contribution in [0.5, 0.6) is 5.88 Å². The first-order valence-electron chi connectivity index (χ1n) is 6.90. The summed E-state index contributed by atoms with van der Waals surface area (Å²) < 4.78 is 30.2. The maximum atomic E-state index is 11.4. The van der Waals surface area contributed by atoms with Gasteiger partial charge in [-0.25, -0.2) is 23.1 Å². The van der Waals surface area contributed by atoms with E-state index in [9.17, 15) is 8.42 Å². The number of hydrogen-bond acceptors (Lipinski definition) is 5. The predicted molar refractivity (Wildman–Crippen MR) is 77.4 cm³/mol. The normalized spacial score (nSPS) is 18.1. The second kappa shape index (κ2) is 5.27. The minimum atomic E-state index is -3.51. The summed E-state index contributed by atoms with van der Waals surface area (Å²) in [6.07, 6.45) is 7.04. The second-order valence-electron chi connectivity index (χ2n) is 5.70. The zero-order valence-electron chi connectivity index (χ0n) is 11.6. The van der Waals surface area contributed by atoms with Crippen molar-refractivity contribution in [3.63, 3.8) is 0 Å². The number of ether oxygens (including phenoxy) is 1. The molecule has 2 heterocycles. The molecule has 1 aliphatic rings. The van der Waals surface area contributed by atoms with Gasteiger partial charge in [0.25, 0.3) is 0 Å². The van der Waals surface area contributed by atoms with Crippen LogP contribution < -0.4 is 9.88 Å². The fraction of sp³-hybridized carbons (Fsp3) is 0.538. The average molecular weight is 310 g/mol. The third-order valence-corrected chi connectivity index (χ3v) is 4.94. The van der Waals surface area contributed by atoms with Crippen LogP contribution in [0.3, 0.4) is 0 Å². The van der Waals surface area contributed by atoms with Gasteiger partial charge >= 0.3 is 0 Å². The average Bonchev–Trinajstić information content (AvgIpc) is 3.03. The highest BCUT2D eigenvalue weighted by molar-refractivity contribution is 7.89. The highest BCUT2D eigenvalue weighted by Crippen LogP contribution is 2.39. The maximum Gasteiger partial charge on any atom is 0.231 e. The van der Waals surface area contributed by atoms with Crippen LogP contribution in [-0.2, 0) is 10.0 Å². The van der Waals surface area contributed by atoms with Gasteiger partial charge in [-0.1, -0.05) is 12.8 Å². The molecule has 0 aromatic carbocycles. The molecular weight excluding hydrogens is 292 g/mol. The standard InChI is InChI=1S/C13H18N4O3S/c14-21(18,19)10-13(5-1-2-6-13)9-20-12-4-3-11-15-7-8-17(11)16-12/h3-4,7-8H,1-2,5-6,9-10H2,(H2,14,18,19). The van der Waals surface area contributed by atoms with E-state index in [2.05, 4.69) is 10.1 Å². The van der Waals surface area contributed by atoms with Gasteiger partial charge in [0, 0.05) is 23.9 Å².